The van der Waals surface area contributed by atoms with Crippen molar-refractivity contribution in [3.63, 3.8) is 0 Å². The minimum Gasteiger partial charge on any atom is -0.393 e. The van der Waals surface area contributed by atoms with Gasteiger partial charge in [-0.05, 0) is 78.9 Å². The van der Waals surface area contributed by atoms with Crippen molar-refractivity contribution in [2.75, 3.05) is 0 Å². The van der Waals surface area contributed by atoms with Crippen LogP contribution >= 0.6 is 0 Å². The molecule has 4 rings (SSSR count). The Morgan fingerprint density at radius 1 is 1.10 bits per heavy atom. The summed E-state index contributed by atoms with van der Waals surface area (Å²) in [7, 11) is 0. The van der Waals surface area contributed by atoms with Gasteiger partial charge >= 0.3 is 0 Å². The zero-order chi connectivity index (χ0) is 15.0. The average Bonchev–Trinajstić information content (AvgIpc) is 2.57. The number of hydrogen-bond donors (Lipinski definition) is 1. The Hall–Kier alpha value is -0.300. The number of allylic oxidation sites excluding steroid dienone is 1. The van der Waals surface area contributed by atoms with Crippen molar-refractivity contribution in [2.45, 2.75) is 78.2 Å². The maximum atomic E-state index is 11.1. The van der Waals surface area contributed by atoms with Gasteiger partial charge in [0.25, 0.3) is 0 Å². The molecule has 0 radical (unpaired) electrons. The third-order valence-electron chi connectivity index (χ3n) is 8.24. The van der Waals surface area contributed by atoms with Gasteiger partial charge in [-0.25, -0.2) is 0 Å². The van der Waals surface area contributed by atoms with Crippen LogP contribution in [0.4, 0.5) is 0 Å². The summed E-state index contributed by atoms with van der Waals surface area (Å²) in [4.78, 5) is 0. The van der Waals surface area contributed by atoms with E-state index in [2.05, 4.69) is 27.4 Å². The van der Waals surface area contributed by atoms with Crippen molar-refractivity contribution in [3.8, 4) is 0 Å². The van der Waals surface area contributed by atoms with Crippen molar-refractivity contribution < 1.29 is 5.11 Å². The molecule has 4 aliphatic carbocycles. The van der Waals surface area contributed by atoms with Crippen LogP contribution in [0, 0.1) is 34.0 Å². The van der Waals surface area contributed by atoms with E-state index in [9.17, 15) is 5.11 Å². The van der Waals surface area contributed by atoms with Crippen LogP contribution in [0.5, 0.6) is 0 Å². The van der Waals surface area contributed by atoms with E-state index in [0.29, 0.717) is 22.2 Å². The summed E-state index contributed by atoms with van der Waals surface area (Å²) in [5.41, 5.74) is 2.56. The Balaban J connectivity index is 1.79. The molecule has 1 N–H and O–H groups in total. The highest BCUT2D eigenvalue weighted by atomic mass is 16.3. The van der Waals surface area contributed by atoms with Crippen LogP contribution in [-0.2, 0) is 0 Å². The van der Waals surface area contributed by atoms with Crippen molar-refractivity contribution in [2.24, 2.45) is 34.0 Å². The number of fused-ring (bicyclic) bond motifs is 3. The number of hydrogen-bond acceptors (Lipinski definition) is 1. The third kappa shape index (κ3) is 1.73. The van der Waals surface area contributed by atoms with E-state index >= 15 is 0 Å². The molecule has 2 bridgehead atoms. The smallest absolute Gasteiger partial charge is 0.0584 e. The molecule has 6 atom stereocenters. The zero-order valence-electron chi connectivity index (χ0n) is 14.1. The van der Waals surface area contributed by atoms with Gasteiger partial charge in [-0.15, -0.1) is 0 Å². The van der Waals surface area contributed by atoms with E-state index in [-0.39, 0.29) is 6.10 Å². The minimum absolute atomic E-state index is 0.0915. The molecule has 0 aromatic carbocycles. The lowest BCUT2D eigenvalue weighted by Crippen LogP contribution is -2.61. The summed E-state index contributed by atoms with van der Waals surface area (Å²) in [6.45, 7) is 11.7. The van der Waals surface area contributed by atoms with E-state index in [1.807, 2.05) is 0 Å². The lowest BCUT2D eigenvalue weighted by Gasteiger charge is -2.65. The molecule has 1 unspecified atom stereocenters. The summed E-state index contributed by atoms with van der Waals surface area (Å²) >= 11 is 0. The highest BCUT2D eigenvalue weighted by molar-refractivity contribution is 5.23. The number of rotatable bonds is 0. The number of aliphatic hydroxyl groups is 1. The summed E-state index contributed by atoms with van der Waals surface area (Å²) < 4.78 is 0. The summed E-state index contributed by atoms with van der Waals surface area (Å²) in [5.74, 6) is 2.10. The van der Waals surface area contributed by atoms with Gasteiger partial charge in [-0.3, -0.25) is 0 Å². The molecule has 21 heavy (non-hydrogen) atoms. The quantitative estimate of drug-likeness (QED) is 0.626. The molecule has 1 nitrogen and oxygen atoms in total. The molecule has 0 amide bonds. The van der Waals surface area contributed by atoms with Crippen LogP contribution in [0.25, 0.3) is 0 Å². The molecule has 0 saturated heterocycles. The first-order valence-electron chi connectivity index (χ1n) is 9.14. The second-order valence-corrected chi connectivity index (χ2v) is 9.83. The lowest BCUT2D eigenvalue weighted by atomic mass is 9.40. The molecule has 4 fully saturated rings. The summed E-state index contributed by atoms with van der Waals surface area (Å²) in [6.07, 6.45) is 10.2. The zero-order valence-corrected chi connectivity index (χ0v) is 14.1. The summed E-state index contributed by atoms with van der Waals surface area (Å²) in [5, 5.41) is 11.1. The van der Waals surface area contributed by atoms with E-state index in [1.165, 1.54) is 50.5 Å². The molecule has 1 heteroatoms. The van der Waals surface area contributed by atoms with E-state index in [1.54, 1.807) is 0 Å². The fourth-order valence-corrected chi connectivity index (χ4v) is 7.89. The Labute approximate surface area is 130 Å². The Kier molecular flexibility index (Phi) is 2.83. The van der Waals surface area contributed by atoms with E-state index in [0.717, 1.165) is 18.3 Å². The topological polar surface area (TPSA) is 20.2 Å². The van der Waals surface area contributed by atoms with Gasteiger partial charge in [-0.2, -0.15) is 0 Å². The highest BCUT2D eigenvalue weighted by Gasteiger charge is 2.65. The minimum atomic E-state index is -0.0915. The van der Waals surface area contributed by atoms with Crippen LogP contribution in [0.3, 0.4) is 0 Å². The van der Waals surface area contributed by atoms with Crippen LogP contribution in [0.2, 0.25) is 0 Å². The molecular weight excluding hydrogens is 256 g/mol. The Morgan fingerprint density at radius 3 is 2.62 bits per heavy atom. The van der Waals surface area contributed by atoms with Crippen LogP contribution in [0.15, 0.2) is 12.2 Å². The molecule has 0 heterocycles. The SMILES string of the molecule is C=C1C[C@]23CC(O)[C@H]4C(C)(C)CCC[C@]4(C)[C@H]2CC[C@H]1C3. The van der Waals surface area contributed by atoms with Crippen molar-refractivity contribution in [1.29, 1.82) is 0 Å². The maximum Gasteiger partial charge on any atom is 0.0584 e. The molecular formula is C20H32O. The van der Waals surface area contributed by atoms with E-state index < -0.39 is 0 Å². The first-order valence-corrected chi connectivity index (χ1v) is 9.14. The largest absolute Gasteiger partial charge is 0.393 e. The number of aliphatic hydroxyl groups excluding tert-OH is 1. The first-order chi connectivity index (χ1) is 9.79. The van der Waals surface area contributed by atoms with Crippen molar-refractivity contribution >= 4 is 0 Å². The van der Waals surface area contributed by atoms with Crippen molar-refractivity contribution in [1.82, 2.24) is 0 Å². The van der Waals surface area contributed by atoms with Gasteiger partial charge in [0.1, 0.15) is 0 Å². The molecule has 4 saturated carbocycles. The fraction of sp³-hybridized carbons (Fsp3) is 0.900. The molecule has 0 aliphatic heterocycles. The third-order valence-corrected chi connectivity index (χ3v) is 8.24. The first kappa shape index (κ1) is 14.3. The van der Waals surface area contributed by atoms with Gasteiger partial charge in [-0.1, -0.05) is 39.3 Å². The van der Waals surface area contributed by atoms with Gasteiger partial charge in [0.2, 0.25) is 0 Å². The fourth-order valence-electron chi connectivity index (χ4n) is 7.89. The molecule has 0 aromatic heterocycles. The van der Waals surface area contributed by atoms with Crippen LogP contribution < -0.4 is 0 Å². The molecule has 0 aromatic rings. The molecule has 118 valence electrons. The van der Waals surface area contributed by atoms with Gasteiger partial charge < -0.3 is 5.11 Å². The molecule has 4 aliphatic rings. The monoisotopic (exact) mass is 288 g/mol. The van der Waals surface area contributed by atoms with E-state index in [4.69, 9.17) is 0 Å². The van der Waals surface area contributed by atoms with Crippen LogP contribution in [0.1, 0.15) is 72.1 Å². The van der Waals surface area contributed by atoms with Gasteiger partial charge in [0.15, 0.2) is 0 Å². The Morgan fingerprint density at radius 2 is 1.86 bits per heavy atom. The van der Waals surface area contributed by atoms with Gasteiger partial charge in [0.05, 0.1) is 6.10 Å². The maximum absolute atomic E-state index is 11.1. The predicted molar refractivity (Wildman–Crippen MR) is 86.9 cm³/mol. The normalized spacial score (nSPS) is 55.0. The molecule has 1 spiro atoms. The Bertz CT molecular complexity index is 478. The van der Waals surface area contributed by atoms with Crippen molar-refractivity contribution in [3.05, 3.63) is 12.2 Å². The average molecular weight is 288 g/mol. The van der Waals surface area contributed by atoms with Crippen LogP contribution in [-0.4, -0.2) is 11.2 Å². The van der Waals surface area contributed by atoms with Gasteiger partial charge in [0, 0.05) is 0 Å². The summed E-state index contributed by atoms with van der Waals surface area (Å²) in [6, 6.07) is 0. The second-order valence-electron chi connectivity index (χ2n) is 9.83. The predicted octanol–water partition coefficient (Wildman–Crippen LogP) is 4.95. The highest BCUT2D eigenvalue weighted by Crippen LogP contribution is 2.71. The standard InChI is InChI=1S/C20H32O/c1-13-10-20-11-14(13)6-7-16(20)19(4)9-5-8-18(2,3)17(19)15(21)12-20/h14-17,21H,1,5-12H2,2-4H3/t14-,15?,16+,17-,19+,20-/m0/s1. The lowest BCUT2D eigenvalue weighted by molar-refractivity contribution is -0.197. The second kappa shape index (κ2) is 4.16.